The maximum atomic E-state index is 14.0. The molecule has 1 N–H and O–H groups in total. The minimum Gasteiger partial charge on any atom is -0.348 e. The molecule has 1 rings (SSSR count). The highest BCUT2D eigenvalue weighted by Gasteiger charge is 2.91. The summed E-state index contributed by atoms with van der Waals surface area (Å²) in [6, 6.07) is -1.25. The standard InChI is InChI=1S/C19H24F13NO/c20-14(21,13(34)33-12-10-8-6-4-2-1-3-5-7-9-11-12)15(22,23)16(24,25)17(26,27)18(28,29)19(30,31)32/h12H,1-11H2,(H,33,34). The number of rotatable bonds is 6. The van der Waals surface area contributed by atoms with Crippen molar-refractivity contribution in [1.29, 1.82) is 0 Å². The topological polar surface area (TPSA) is 29.1 Å². The Morgan fingerprint density at radius 2 is 0.824 bits per heavy atom. The lowest BCUT2D eigenvalue weighted by atomic mass is 9.93. The molecular formula is C19H24F13NO. The minimum absolute atomic E-state index is 0.0495. The number of carbonyl (C=O) groups excluding carboxylic acids is 1. The molecule has 0 radical (unpaired) electrons. The third kappa shape index (κ3) is 5.85. The highest BCUT2D eigenvalue weighted by Crippen LogP contribution is 2.60. The molecule has 0 aromatic rings. The molecule has 2 nitrogen and oxygen atoms in total. The molecular weight excluding hydrogens is 505 g/mol. The zero-order valence-electron chi connectivity index (χ0n) is 17.7. The van der Waals surface area contributed by atoms with Crippen LogP contribution in [0.5, 0.6) is 0 Å². The molecule has 0 heterocycles. The first-order chi connectivity index (χ1) is 15.2. The van der Waals surface area contributed by atoms with Gasteiger partial charge < -0.3 is 5.32 Å². The van der Waals surface area contributed by atoms with Crippen LogP contribution < -0.4 is 5.32 Å². The van der Waals surface area contributed by atoms with Gasteiger partial charge in [-0.3, -0.25) is 4.79 Å². The van der Waals surface area contributed by atoms with Crippen molar-refractivity contribution in [2.24, 2.45) is 0 Å². The van der Waals surface area contributed by atoms with Crippen molar-refractivity contribution in [2.75, 3.05) is 0 Å². The van der Waals surface area contributed by atoms with E-state index in [9.17, 15) is 61.9 Å². The minimum atomic E-state index is -8.02. The van der Waals surface area contributed by atoms with E-state index in [1.165, 1.54) is 5.32 Å². The van der Waals surface area contributed by atoms with Crippen molar-refractivity contribution in [3.63, 3.8) is 0 Å². The Morgan fingerprint density at radius 3 is 1.18 bits per heavy atom. The van der Waals surface area contributed by atoms with Crippen LogP contribution in [0.15, 0.2) is 0 Å². The van der Waals surface area contributed by atoms with Crippen LogP contribution >= 0.6 is 0 Å². The van der Waals surface area contributed by atoms with E-state index in [0.717, 1.165) is 32.1 Å². The van der Waals surface area contributed by atoms with Crippen LogP contribution in [-0.2, 0) is 4.79 Å². The lowest BCUT2D eigenvalue weighted by Gasteiger charge is -2.39. The van der Waals surface area contributed by atoms with Crippen LogP contribution in [0.3, 0.4) is 0 Å². The third-order valence-corrected chi connectivity index (χ3v) is 5.66. The SMILES string of the molecule is O=C(NC1CCCCCCCCCCC1)C(F)(F)C(F)(F)C(F)(F)C(F)(F)C(F)(F)C(F)(F)F. The fourth-order valence-electron chi connectivity index (χ4n) is 3.50. The Kier molecular flexibility index (Phi) is 9.60. The van der Waals surface area contributed by atoms with E-state index in [2.05, 4.69) is 0 Å². The molecule has 1 saturated carbocycles. The zero-order valence-corrected chi connectivity index (χ0v) is 17.7. The van der Waals surface area contributed by atoms with Gasteiger partial charge in [0, 0.05) is 6.04 Å². The van der Waals surface area contributed by atoms with Crippen LogP contribution in [0.1, 0.15) is 70.6 Å². The predicted molar refractivity (Wildman–Crippen MR) is 93.5 cm³/mol. The zero-order chi connectivity index (χ0) is 26.6. The Morgan fingerprint density at radius 1 is 0.500 bits per heavy atom. The number of amides is 1. The average Bonchev–Trinajstić information content (AvgIpc) is 2.68. The van der Waals surface area contributed by atoms with Crippen LogP contribution in [0.25, 0.3) is 0 Å². The Hall–Kier alpha value is -1.44. The normalized spacial score (nSPS) is 19.8. The molecule has 0 aromatic carbocycles. The first kappa shape index (κ1) is 30.6. The molecule has 1 fully saturated rings. The number of hydrogen-bond donors (Lipinski definition) is 1. The van der Waals surface area contributed by atoms with Gasteiger partial charge in [-0.2, -0.15) is 57.1 Å². The summed E-state index contributed by atoms with van der Waals surface area (Å²) in [5.74, 6) is -41.3. The smallest absolute Gasteiger partial charge is 0.348 e. The van der Waals surface area contributed by atoms with E-state index in [-0.39, 0.29) is 12.8 Å². The van der Waals surface area contributed by atoms with Gasteiger partial charge in [0.1, 0.15) is 0 Å². The first-order valence-electron chi connectivity index (χ1n) is 10.5. The lowest BCUT2D eigenvalue weighted by Crippen LogP contribution is -2.72. The van der Waals surface area contributed by atoms with Gasteiger partial charge in [0.05, 0.1) is 0 Å². The predicted octanol–water partition coefficient (Wildman–Crippen LogP) is 7.51. The van der Waals surface area contributed by atoms with Gasteiger partial charge in [-0.05, 0) is 12.8 Å². The number of alkyl halides is 13. The number of halogens is 13. The van der Waals surface area contributed by atoms with E-state index in [0.29, 0.717) is 25.7 Å². The summed E-state index contributed by atoms with van der Waals surface area (Å²) in [6.45, 7) is 0. The second kappa shape index (κ2) is 10.7. The van der Waals surface area contributed by atoms with Gasteiger partial charge in [-0.25, -0.2) is 0 Å². The van der Waals surface area contributed by atoms with Crippen molar-refractivity contribution in [2.45, 2.75) is 112 Å². The molecule has 1 amide bonds. The van der Waals surface area contributed by atoms with Crippen LogP contribution in [0, 0.1) is 0 Å². The van der Waals surface area contributed by atoms with Crippen molar-refractivity contribution < 1.29 is 61.9 Å². The molecule has 0 atom stereocenters. The summed E-state index contributed by atoms with van der Waals surface area (Å²) < 4.78 is 172. The second-order valence-corrected chi connectivity index (χ2v) is 8.30. The van der Waals surface area contributed by atoms with Gasteiger partial charge in [0.2, 0.25) is 0 Å². The summed E-state index contributed by atoms with van der Waals surface area (Å²) in [5, 5.41) is 1.35. The van der Waals surface area contributed by atoms with Crippen molar-refractivity contribution in [3.05, 3.63) is 0 Å². The van der Waals surface area contributed by atoms with E-state index in [1.54, 1.807) is 0 Å². The molecule has 1 aliphatic rings. The highest BCUT2D eigenvalue weighted by molar-refractivity contribution is 5.85. The van der Waals surface area contributed by atoms with E-state index in [1.807, 2.05) is 0 Å². The van der Waals surface area contributed by atoms with Gasteiger partial charge in [-0.1, -0.05) is 57.8 Å². The molecule has 0 aromatic heterocycles. The number of nitrogens with one attached hydrogen (secondary N) is 1. The average molecular weight is 529 g/mol. The summed E-state index contributed by atoms with van der Waals surface area (Å²) in [7, 11) is 0. The summed E-state index contributed by atoms with van der Waals surface area (Å²) in [5.41, 5.74) is 0. The van der Waals surface area contributed by atoms with Crippen LogP contribution in [-0.4, -0.2) is 47.7 Å². The molecule has 1 aliphatic carbocycles. The monoisotopic (exact) mass is 529 g/mol. The summed E-state index contributed by atoms with van der Waals surface area (Å²) >= 11 is 0. The molecule has 202 valence electrons. The molecule has 15 heteroatoms. The first-order valence-corrected chi connectivity index (χ1v) is 10.5. The fraction of sp³-hybridized carbons (Fsp3) is 0.947. The summed E-state index contributed by atoms with van der Waals surface area (Å²) in [4.78, 5) is 11.7. The maximum Gasteiger partial charge on any atom is 0.460 e. The molecule has 0 saturated heterocycles. The molecule has 0 spiro atoms. The number of hydrogen-bond acceptors (Lipinski definition) is 1. The Labute approximate surface area is 186 Å². The van der Waals surface area contributed by atoms with E-state index >= 15 is 0 Å². The molecule has 0 unspecified atom stereocenters. The van der Waals surface area contributed by atoms with Crippen LogP contribution in [0.4, 0.5) is 57.1 Å². The van der Waals surface area contributed by atoms with Crippen molar-refractivity contribution in [1.82, 2.24) is 5.32 Å². The van der Waals surface area contributed by atoms with E-state index in [4.69, 9.17) is 0 Å². The fourth-order valence-corrected chi connectivity index (χ4v) is 3.50. The van der Waals surface area contributed by atoms with Gasteiger partial charge in [0.15, 0.2) is 0 Å². The van der Waals surface area contributed by atoms with Gasteiger partial charge in [-0.15, -0.1) is 0 Å². The Balaban J connectivity index is 3.14. The Bertz CT molecular complexity index is 664. The second-order valence-electron chi connectivity index (χ2n) is 8.30. The number of carbonyl (C=O) groups is 1. The maximum absolute atomic E-state index is 14.0. The molecule has 0 aliphatic heterocycles. The molecule has 34 heavy (non-hydrogen) atoms. The molecule has 0 bridgehead atoms. The van der Waals surface area contributed by atoms with Gasteiger partial charge >= 0.3 is 35.8 Å². The highest BCUT2D eigenvalue weighted by atomic mass is 19.4. The van der Waals surface area contributed by atoms with Crippen molar-refractivity contribution >= 4 is 5.91 Å². The van der Waals surface area contributed by atoms with E-state index < -0.39 is 47.7 Å². The lowest BCUT2D eigenvalue weighted by molar-refractivity contribution is -0.436. The largest absolute Gasteiger partial charge is 0.460 e. The quantitative estimate of drug-likeness (QED) is 0.355. The van der Waals surface area contributed by atoms with Crippen LogP contribution in [0.2, 0.25) is 0 Å². The van der Waals surface area contributed by atoms with Gasteiger partial charge in [0.25, 0.3) is 5.91 Å². The summed E-state index contributed by atoms with van der Waals surface area (Å²) in [6.07, 6.45) is -1.63. The van der Waals surface area contributed by atoms with Crippen molar-refractivity contribution in [3.8, 4) is 0 Å². The third-order valence-electron chi connectivity index (χ3n) is 5.66.